The summed E-state index contributed by atoms with van der Waals surface area (Å²) >= 11 is 0. The van der Waals surface area contributed by atoms with Crippen LogP contribution in [-0.4, -0.2) is 81.3 Å². The Morgan fingerprint density at radius 3 is 2.46 bits per heavy atom. The maximum atomic E-state index is 14.4. The van der Waals surface area contributed by atoms with Gasteiger partial charge in [-0.15, -0.1) is 25.3 Å². The maximum absolute atomic E-state index is 14.4. The van der Waals surface area contributed by atoms with Gasteiger partial charge in [-0.25, -0.2) is 4.79 Å². The number of amides is 1. The molecule has 0 aromatic carbocycles. The van der Waals surface area contributed by atoms with Crippen molar-refractivity contribution >= 4 is 58.9 Å². The van der Waals surface area contributed by atoms with Gasteiger partial charge in [0.05, 0.1) is 35.8 Å². The lowest BCUT2D eigenvalue weighted by Gasteiger charge is -2.25. The van der Waals surface area contributed by atoms with E-state index >= 15 is 0 Å². The first-order valence-corrected chi connectivity index (χ1v) is 17.8. The number of Topliss-reactive ketones (excluding diaryl/α,β-unsaturated/α-hetero) is 2. The molecule has 2 aromatic heterocycles. The Kier molecular flexibility index (Phi) is 10.00. The molecule has 1 unspecified atom stereocenters. The molecular formula is C42H43N5O7. The minimum Gasteiger partial charge on any atom is -0.479 e. The van der Waals surface area contributed by atoms with Crippen LogP contribution in [0.25, 0.3) is 23.8 Å². The van der Waals surface area contributed by atoms with Crippen LogP contribution in [0, 0.1) is 68.1 Å². The molecule has 5 heterocycles. The van der Waals surface area contributed by atoms with E-state index in [9.17, 15) is 29.1 Å². The fraction of sp³-hybridized carbons (Fsp3) is 0.381. The molecule has 3 aliphatic heterocycles. The van der Waals surface area contributed by atoms with Gasteiger partial charge in [-0.1, -0.05) is 18.9 Å². The standard InChI is InChI=1S/C42H43N5O7/c1-10-22-23(11-2)30-17-31-34(21(7)48)19(5)28(43-31)18-32-24(12-3)25(14-15-33(49)45-26(13-4)41(51)52)39(47(32)8)36-37(42(53)54-9)40(50)35-20(6)27(46-38(35)36)16-29(22)44-30/h3-4,11,16-18,22-26,32,37,43,46H,2,10,14-15H2,1,5-9H3,(H,45,49)(H,51,52)/b28-18-,29-16-,31-17-,39-36-/t22-,23-,24+,25+,26+,32?,37+/m1/s1. The number of terminal acetylenes is 2. The summed E-state index contributed by atoms with van der Waals surface area (Å²) in [6.07, 6.45) is 20.0. The number of nitrogens with zero attached hydrogens (tertiary/aromatic N) is 2. The number of hydrogen-bond donors (Lipinski definition) is 4. The Hall–Kier alpha value is -6.14. The van der Waals surface area contributed by atoms with E-state index < -0.39 is 53.5 Å². The average molecular weight is 730 g/mol. The number of ether oxygens (including phenoxy) is 1. The topological polar surface area (TPSA) is 174 Å². The predicted octanol–water partition coefficient (Wildman–Crippen LogP) is 2.92. The fourth-order valence-electron chi connectivity index (χ4n) is 8.75. The Balaban J connectivity index is 1.68. The third-order valence-electron chi connectivity index (χ3n) is 11.3. The van der Waals surface area contributed by atoms with E-state index in [1.807, 2.05) is 50.1 Å². The Labute approximate surface area is 313 Å². The molecule has 12 heteroatoms. The largest absolute Gasteiger partial charge is 0.479 e. The maximum Gasteiger partial charge on any atom is 0.338 e. The number of carboxylic acids is 1. The van der Waals surface area contributed by atoms with Crippen molar-refractivity contribution in [2.45, 2.75) is 59.0 Å². The summed E-state index contributed by atoms with van der Waals surface area (Å²) in [6, 6.07) is -2.07. The molecule has 12 nitrogen and oxygen atoms in total. The lowest BCUT2D eigenvalue weighted by Crippen LogP contribution is -2.39. The molecule has 54 heavy (non-hydrogen) atoms. The minimum absolute atomic E-state index is 0.0366. The zero-order chi connectivity index (χ0) is 39.3. The van der Waals surface area contributed by atoms with Gasteiger partial charge in [-0.3, -0.25) is 24.2 Å². The summed E-state index contributed by atoms with van der Waals surface area (Å²) in [6.45, 7) is 11.4. The van der Waals surface area contributed by atoms with Gasteiger partial charge < -0.3 is 30.0 Å². The second kappa shape index (κ2) is 14.4. The highest BCUT2D eigenvalue weighted by Gasteiger charge is 2.51. The van der Waals surface area contributed by atoms with Gasteiger partial charge in [0, 0.05) is 70.4 Å². The number of rotatable bonds is 9. The molecular weight excluding hydrogens is 686 g/mol. The van der Waals surface area contributed by atoms with Gasteiger partial charge in [-0.05, 0) is 63.0 Å². The van der Waals surface area contributed by atoms with Crippen molar-refractivity contribution in [3.05, 3.63) is 68.4 Å². The van der Waals surface area contributed by atoms with E-state index in [4.69, 9.17) is 22.6 Å². The molecule has 278 valence electrons. The second-order valence-electron chi connectivity index (χ2n) is 14.2. The summed E-state index contributed by atoms with van der Waals surface area (Å²) in [5.74, 6) is -1.00. The van der Waals surface area contributed by atoms with Crippen LogP contribution in [0.1, 0.15) is 76.3 Å². The number of methoxy groups -OCH3 is 1. The van der Waals surface area contributed by atoms with Crippen molar-refractivity contribution in [1.82, 2.24) is 20.2 Å². The molecule has 1 amide bonds. The van der Waals surface area contributed by atoms with Crippen LogP contribution in [-0.2, 0) is 19.1 Å². The number of fused-ring (bicyclic) bond motifs is 6. The lowest BCUT2D eigenvalue weighted by atomic mass is 9.83. The number of aromatic nitrogens is 2. The number of esters is 1. The van der Waals surface area contributed by atoms with Crippen LogP contribution >= 0.6 is 0 Å². The van der Waals surface area contributed by atoms with Gasteiger partial charge in [0.25, 0.3) is 0 Å². The van der Waals surface area contributed by atoms with Crippen molar-refractivity contribution in [2.24, 2.45) is 34.6 Å². The van der Waals surface area contributed by atoms with E-state index in [1.165, 1.54) is 14.0 Å². The quantitative estimate of drug-likeness (QED) is 0.100. The normalized spacial score (nSPS) is 27.9. The third-order valence-corrected chi connectivity index (χ3v) is 11.3. The summed E-state index contributed by atoms with van der Waals surface area (Å²) in [7, 11) is 3.04. The lowest BCUT2D eigenvalue weighted by molar-refractivity contribution is -0.142. The number of aliphatic carboxylic acids is 1. The number of aromatic amines is 2. The van der Waals surface area contributed by atoms with Crippen LogP contribution < -0.4 is 16.0 Å². The number of ketones is 2. The van der Waals surface area contributed by atoms with Crippen molar-refractivity contribution in [1.29, 1.82) is 0 Å². The molecule has 1 aliphatic carbocycles. The van der Waals surface area contributed by atoms with Crippen LogP contribution in [0.15, 0.2) is 29.0 Å². The molecule has 2 aromatic rings. The summed E-state index contributed by atoms with van der Waals surface area (Å²) < 4.78 is 5.21. The van der Waals surface area contributed by atoms with Gasteiger partial charge in [-0.2, -0.15) is 0 Å². The van der Waals surface area contributed by atoms with Crippen molar-refractivity contribution in [2.75, 3.05) is 14.2 Å². The van der Waals surface area contributed by atoms with E-state index in [-0.39, 0.29) is 30.5 Å². The van der Waals surface area contributed by atoms with Gasteiger partial charge >= 0.3 is 11.9 Å². The molecule has 8 bridgehead atoms. The van der Waals surface area contributed by atoms with E-state index in [0.717, 1.165) is 17.8 Å². The number of nitrogens with one attached hydrogen (secondary N) is 3. The van der Waals surface area contributed by atoms with Crippen molar-refractivity contribution in [3.8, 4) is 24.7 Å². The highest BCUT2D eigenvalue weighted by molar-refractivity contribution is 6.24. The molecule has 0 saturated carbocycles. The minimum atomic E-state index is -1.52. The Morgan fingerprint density at radius 2 is 1.87 bits per heavy atom. The Bertz CT molecular complexity index is 2340. The highest BCUT2D eigenvalue weighted by Crippen LogP contribution is 2.51. The monoisotopic (exact) mass is 729 g/mol. The number of carboxylic acid groups (broad SMARTS) is 1. The zero-order valence-corrected chi connectivity index (χ0v) is 31.1. The number of hydrogen-bond acceptors (Lipinski definition) is 8. The molecule has 7 atom stereocenters. The first-order valence-electron chi connectivity index (χ1n) is 17.8. The molecule has 1 saturated heterocycles. The smallest absolute Gasteiger partial charge is 0.338 e. The second-order valence-corrected chi connectivity index (χ2v) is 14.2. The number of H-pyrrole nitrogens is 2. The molecule has 0 radical (unpaired) electrons. The summed E-state index contributed by atoms with van der Waals surface area (Å²) in [4.78, 5) is 79.8. The fourth-order valence-corrected chi connectivity index (χ4v) is 8.75. The number of allylic oxidation sites excluding steroid dienone is 3. The number of carbonyl (C=O) groups excluding carboxylic acids is 4. The van der Waals surface area contributed by atoms with Crippen molar-refractivity contribution in [3.63, 3.8) is 0 Å². The number of carbonyl (C=O) groups is 5. The number of aliphatic imine (C=N–C) groups is 1. The summed E-state index contributed by atoms with van der Waals surface area (Å²) in [5.41, 5.74) is 5.78. The van der Waals surface area contributed by atoms with Gasteiger partial charge in [0.15, 0.2) is 17.6 Å². The SMILES string of the molecule is C#C[C@H](NC(=O)CC[C@@H]1/C2=C3/c4[nH]c(c(C)c4C(=O)[C@H]3C(=O)OC)/C=C3N=C(/C=c4\[nH]/c(c(C)c4C(C)=O)=C\C([C@H]1C#C)N2C)[C@H](C=C)[C@H]\3CC)C(=O)O. The molecule has 0 spiro atoms. The molecule has 1 fully saturated rings. The van der Waals surface area contributed by atoms with Crippen LogP contribution in [0.2, 0.25) is 0 Å². The molecule has 6 rings (SSSR count). The van der Waals surface area contributed by atoms with Gasteiger partial charge in [0.2, 0.25) is 5.91 Å². The van der Waals surface area contributed by atoms with E-state index in [1.54, 1.807) is 0 Å². The van der Waals surface area contributed by atoms with E-state index in [2.05, 4.69) is 40.6 Å². The van der Waals surface area contributed by atoms with Crippen molar-refractivity contribution < 1.29 is 33.8 Å². The van der Waals surface area contributed by atoms with Gasteiger partial charge in [0.1, 0.15) is 5.92 Å². The first kappa shape index (κ1) is 37.6. The van der Waals surface area contributed by atoms with Crippen LogP contribution in [0.4, 0.5) is 0 Å². The zero-order valence-electron chi connectivity index (χ0n) is 31.1. The predicted molar refractivity (Wildman–Crippen MR) is 204 cm³/mol. The van der Waals surface area contributed by atoms with E-state index in [0.29, 0.717) is 55.6 Å². The Morgan fingerprint density at radius 1 is 1.15 bits per heavy atom. The highest BCUT2D eigenvalue weighted by atomic mass is 16.5. The average Bonchev–Trinajstić information content (AvgIpc) is 3.88. The summed E-state index contributed by atoms with van der Waals surface area (Å²) in [5, 5.41) is 13.0. The van der Waals surface area contributed by atoms with Crippen LogP contribution in [0.3, 0.4) is 0 Å². The first-order chi connectivity index (χ1) is 25.7. The molecule has 4 N–H and O–H groups in total. The third kappa shape index (κ3) is 5.92. The molecule has 4 aliphatic rings. The van der Waals surface area contributed by atoms with Crippen LogP contribution in [0.5, 0.6) is 0 Å².